The van der Waals surface area contributed by atoms with Gasteiger partial charge in [-0.2, -0.15) is 0 Å². The van der Waals surface area contributed by atoms with Crippen molar-refractivity contribution >= 4 is 35.0 Å². The molecular formula is C19H34ClN3O2S. The Hall–Kier alpha value is -1.53. The maximum Gasteiger partial charge on any atom is 0.407 e. The molecule has 1 amide bonds. The Morgan fingerprint density at radius 1 is 1.38 bits per heavy atom. The number of rotatable bonds is 9. The molecule has 0 heterocycles. The van der Waals surface area contributed by atoms with Crippen molar-refractivity contribution in [1.29, 1.82) is 0 Å². The number of nitrogens with zero attached hydrogens (tertiary/aromatic N) is 1. The summed E-state index contributed by atoms with van der Waals surface area (Å²) < 4.78 is 4.65. The highest BCUT2D eigenvalue weighted by molar-refractivity contribution is 7.80. The van der Waals surface area contributed by atoms with Crippen LogP contribution < -0.4 is 10.6 Å². The third-order valence-electron chi connectivity index (χ3n) is 2.93. The molecule has 0 radical (unpaired) electrons. The fourth-order valence-electron chi connectivity index (χ4n) is 1.67. The Kier molecular flexibility index (Phi) is 18.8. The van der Waals surface area contributed by atoms with E-state index in [9.17, 15) is 4.79 Å². The summed E-state index contributed by atoms with van der Waals surface area (Å²) in [7, 11) is 1.53. The molecule has 0 rings (SSSR count). The highest BCUT2D eigenvalue weighted by atomic mass is 35.5. The van der Waals surface area contributed by atoms with Crippen LogP contribution in [0.3, 0.4) is 0 Å². The number of hydrogen-bond acceptors (Lipinski definition) is 3. The van der Waals surface area contributed by atoms with E-state index in [1.807, 2.05) is 18.2 Å². The number of halogens is 1. The highest BCUT2D eigenvalue weighted by Crippen LogP contribution is 2.00. The molecule has 0 saturated carbocycles. The molecule has 7 heteroatoms. The van der Waals surface area contributed by atoms with Crippen molar-refractivity contribution in [3.63, 3.8) is 0 Å². The zero-order chi connectivity index (χ0) is 20.4. The number of allylic oxidation sites excluding steroid dienone is 4. The normalized spacial score (nSPS) is 10.8. The van der Waals surface area contributed by atoms with E-state index in [2.05, 4.69) is 40.7 Å². The molecule has 5 nitrogen and oxygen atoms in total. The van der Waals surface area contributed by atoms with Gasteiger partial charge in [-0.1, -0.05) is 32.1 Å². The lowest BCUT2D eigenvalue weighted by molar-refractivity contribution is 0.117. The molecule has 0 saturated heterocycles. The van der Waals surface area contributed by atoms with Crippen LogP contribution in [0.5, 0.6) is 0 Å². The molecule has 0 bridgehead atoms. The molecule has 0 unspecified atom stereocenters. The molecule has 0 aliphatic heterocycles. The van der Waals surface area contributed by atoms with E-state index in [-0.39, 0.29) is 12.2 Å². The van der Waals surface area contributed by atoms with Gasteiger partial charge in [0.15, 0.2) is 5.11 Å². The molecule has 0 atom stereocenters. The summed E-state index contributed by atoms with van der Waals surface area (Å²) in [5, 5.41) is 6.30. The Bertz CT molecular complexity index is 466. The summed E-state index contributed by atoms with van der Waals surface area (Å²) in [6, 6.07) is 0. The molecule has 26 heavy (non-hydrogen) atoms. The quantitative estimate of drug-likeness (QED) is 0.335. The van der Waals surface area contributed by atoms with E-state index in [1.54, 1.807) is 19.9 Å². The van der Waals surface area contributed by atoms with Gasteiger partial charge in [0.05, 0.1) is 6.10 Å². The lowest BCUT2D eigenvalue weighted by atomic mass is 10.3. The first kappa shape index (κ1) is 26.7. The number of unbranched alkanes of at least 4 members (excludes halogenated alkanes) is 1. The molecule has 0 aromatic rings. The summed E-state index contributed by atoms with van der Waals surface area (Å²) in [5.41, 5.74) is 0.908. The van der Waals surface area contributed by atoms with Crippen molar-refractivity contribution in [3.05, 3.63) is 36.6 Å². The number of amides is 1. The molecule has 150 valence electrons. The molecule has 0 aliphatic rings. The largest absolute Gasteiger partial charge is 0.447 e. The molecule has 2 N–H and O–H groups in total. The number of hydrogen-bond donors (Lipinski definition) is 2. The van der Waals surface area contributed by atoms with E-state index in [4.69, 9.17) is 23.8 Å². The Morgan fingerprint density at radius 3 is 2.42 bits per heavy atom. The first-order valence-electron chi connectivity index (χ1n) is 8.85. The summed E-state index contributed by atoms with van der Waals surface area (Å²) in [6.07, 6.45) is 9.29. The molecule has 0 spiro atoms. The Labute approximate surface area is 169 Å². The topological polar surface area (TPSA) is 53.6 Å². The molecule has 0 aromatic heterocycles. The zero-order valence-corrected chi connectivity index (χ0v) is 18.3. The average Bonchev–Trinajstić information content (AvgIpc) is 2.60. The van der Waals surface area contributed by atoms with Crippen LogP contribution in [0.25, 0.3) is 0 Å². The number of alkyl carbamates (subject to hydrolysis) is 1. The molecule has 0 fully saturated rings. The third-order valence-corrected chi connectivity index (χ3v) is 3.47. The Balaban J connectivity index is 0. The van der Waals surface area contributed by atoms with Crippen LogP contribution in [0.1, 0.15) is 40.5 Å². The number of thiocarbonyl (C=S) groups is 1. The van der Waals surface area contributed by atoms with Crippen molar-refractivity contribution in [2.24, 2.45) is 0 Å². The van der Waals surface area contributed by atoms with Gasteiger partial charge in [0.2, 0.25) is 0 Å². The van der Waals surface area contributed by atoms with Gasteiger partial charge in [-0.3, -0.25) is 0 Å². The summed E-state index contributed by atoms with van der Waals surface area (Å²) in [4.78, 5) is 12.4. The molecule has 0 aromatic carbocycles. The van der Waals surface area contributed by atoms with Gasteiger partial charge in [0, 0.05) is 31.7 Å². The van der Waals surface area contributed by atoms with Gasteiger partial charge in [-0.25, -0.2) is 4.79 Å². The first-order valence-corrected chi connectivity index (χ1v) is 9.79. The van der Waals surface area contributed by atoms with E-state index >= 15 is 0 Å². The van der Waals surface area contributed by atoms with Crippen molar-refractivity contribution in [1.82, 2.24) is 15.5 Å². The van der Waals surface area contributed by atoms with E-state index < -0.39 is 0 Å². The molecule has 0 aliphatic carbocycles. The van der Waals surface area contributed by atoms with Crippen LogP contribution in [-0.2, 0) is 4.74 Å². The molecular weight excluding hydrogens is 370 g/mol. The Morgan fingerprint density at radius 2 is 2.04 bits per heavy atom. The second kappa shape index (κ2) is 18.3. The van der Waals surface area contributed by atoms with Crippen LogP contribution in [0.4, 0.5) is 4.79 Å². The minimum Gasteiger partial charge on any atom is -0.447 e. The van der Waals surface area contributed by atoms with Gasteiger partial charge in [0.25, 0.3) is 0 Å². The van der Waals surface area contributed by atoms with Gasteiger partial charge >= 0.3 is 6.09 Å². The van der Waals surface area contributed by atoms with Crippen LogP contribution in [0.2, 0.25) is 0 Å². The summed E-state index contributed by atoms with van der Waals surface area (Å²) in [5.74, 6) is 0.482. The summed E-state index contributed by atoms with van der Waals surface area (Å²) >= 11 is 11.0. The van der Waals surface area contributed by atoms with E-state index in [1.165, 1.54) is 13.5 Å². The van der Waals surface area contributed by atoms with Crippen molar-refractivity contribution in [2.75, 3.05) is 26.0 Å². The van der Waals surface area contributed by atoms with Crippen LogP contribution in [-0.4, -0.2) is 48.2 Å². The van der Waals surface area contributed by atoms with Gasteiger partial charge in [-0.15, -0.1) is 11.6 Å². The van der Waals surface area contributed by atoms with E-state index in [0.29, 0.717) is 5.88 Å². The smallest absolute Gasteiger partial charge is 0.407 e. The number of ether oxygens (including phenoxy) is 1. The van der Waals surface area contributed by atoms with E-state index in [0.717, 1.165) is 30.3 Å². The van der Waals surface area contributed by atoms with Crippen LogP contribution >= 0.6 is 23.8 Å². The lowest BCUT2D eigenvalue weighted by Crippen LogP contribution is -2.39. The SMILES string of the molecule is C=C/C=C(\C=C/CCl)NC(=S)N(CC)CCCC.CNC(=O)OC(C)C. The van der Waals surface area contributed by atoms with Crippen molar-refractivity contribution < 1.29 is 9.53 Å². The highest BCUT2D eigenvalue weighted by Gasteiger charge is 2.06. The maximum absolute atomic E-state index is 10.3. The predicted molar refractivity (Wildman–Crippen MR) is 117 cm³/mol. The van der Waals surface area contributed by atoms with Crippen LogP contribution in [0, 0.1) is 0 Å². The fourth-order valence-corrected chi connectivity index (χ4v) is 2.09. The number of alkyl halides is 1. The number of nitrogens with one attached hydrogen (secondary N) is 2. The standard InChI is InChI=1S/C14H23ClN2S.C5H11NO2/c1-4-7-12-17(6-3)14(18)16-13(9-5-2)10-8-11-15;1-4(2)8-5(7)6-3/h5,8-10H,2,4,6-7,11-12H2,1,3H3,(H,16,18);4H,1-3H3,(H,6,7)/b10-8-,13-9+;. The fraction of sp³-hybridized carbons (Fsp3) is 0.579. The third kappa shape index (κ3) is 16.0. The average molecular weight is 404 g/mol. The number of carbonyl (C=O) groups is 1. The van der Waals surface area contributed by atoms with Gasteiger partial charge in [-0.05, 0) is 51.6 Å². The van der Waals surface area contributed by atoms with Crippen molar-refractivity contribution in [2.45, 2.75) is 46.6 Å². The summed E-state index contributed by atoms with van der Waals surface area (Å²) in [6.45, 7) is 13.5. The van der Waals surface area contributed by atoms with Crippen molar-refractivity contribution in [3.8, 4) is 0 Å². The second-order valence-electron chi connectivity index (χ2n) is 5.48. The lowest BCUT2D eigenvalue weighted by Gasteiger charge is -2.24. The first-order chi connectivity index (χ1) is 12.4. The second-order valence-corrected chi connectivity index (χ2v) is 6.18. The predicted octanol–water partition coefficient (Wildman–Crippen LogP) is 4.60. The monoisotopic (exact) mass is 403 g/mol. The number of carbonyl (C=O) groups excluding carboxylic acids is 1. The maximum atomic E-state index is 10.3. The minimum atomic E-state index is -0.375. The van der Waals surface area contributed by atoms with Gasteiger partial charge in [0.1, 0.15) is 0 Å². The zero-order valence-electron chi connectivity index (χ0n) is 16.7. The van der Waals surface area contributed by atoms with Crippen LogP contribution in [0.15, 0.2) is 36.6 Å². The van der Waals surface area contributed by atoms with Gasteiger partial charge < -0.3 is 20.3 Å². The minimum absolute atomic E-state index is 0.0325.